The van der Waals surface area contributed by atoms with E-state index >= 15 is 0 Å². The summed E-state index contributed by atoms with van der Waals surface area (Å²) in [5.41, 5.74) is 0.168. The summed E-state index contributed by atoms with van der Waals surface area (Å²) in [4.78, 5) is 24.2. The lowest BCUT2D eigenvalue weighted by Crippen LogP contribution is -2.37. The average Bonchev–Trinajstić information content (AvgIpc) is 2.41. The predicted molar refractivity (Wildman–Crippen MR) is 69.4 cm³/mol. The number of nitrogens with one attached hydrogen (secondary N) is 1. The fourth-order valence-electron chi connectivity index (χ4n) is 1.79. The first-order valence-electron chi connectivity index (χ1n) is 5.85. The standard InChI is InChI=1S/C13H14N2O4/c16-11-8-9(12(17)18)4-5-10(11)14-13(19)15-6-2-1-3-7-15/h1-2,4-5,8,16H,3,6-7H2,(H,14,19)(H,17,18). The van der Waals surface area contributed by atoms with Crippen molar-refractivity contribution in [2.45, 2.75) is 6.42 Å². The number of phenols is 1. The molecule has 0 spiro atoms. The fourth-order valence-corrected chi connectivity index (χ4v) is 1.79. The van der Waals surface area contributed by atoms with Gasteiger partial charge in [-0.25, -0.2) is 9.59 Å². The SMILES string of the molecule is O=C(O)c1ccc(NC(=O)N2CC=CCC2)c(O)c1. The van der Waals surface area contributed by atoms with Gasteiger partial charge in [-0.3, -0.25) is 0 Å². The number of anilines is 1. The minimum atomic E-state index is -1.13. The molecule has 0 aromatic heterocycles. The number of amides is 2. The molecule has 1 aromatic carbocycles. The number of carboxylic acid groups (broad SMARTS) is 1. The molecule has 3 N–H and O–H groups in total. The van der Waals surface area contributed by atoms with Gasteiger partial charge in [-0.2, -0.15) is 0 Å². The molecule has 1 heterocycles. The Morgan fingerprint density at radius 2 is 2.05 bits per heavy atom. The first kappa shape index (κ1) is 12.9. The summed E-state index contributed by atoms with van der Waals surface area (Å²) in [5, 5.41) is 21.0. The maximum atomic E-state index is 11.9. The average molecular weight is 262 g/mol. The van der Waals surface area contributed by atoms with E-state index in [0.29, 0.717) is 13.1 Å². The zero-order chi connectivity index (χ0) is 13.8. The minimum Gasteiger partial charge on any atom is -0.506 e. The normalized spacial score (nSPS) is 14.2. The Morgan fingerprint density at radius 3 is 2.63 bits per heavy atom. The first-order valence-corrected chi connectivity index (χ1v) is 5.85. The van der Waals surface area contributed by atoms with Gasteiger partial charge in [0.05, 0.1) is 11.3 Å². The van der Waals surface area contributed by atoms with Crippen LogP contribution in [0.5, 0.6) is 5.75 Å². The molecular formula is C13H14N2O4. The molecule has 0 radical (unpaired) electrons. The largest absolute Gasteiger partial charge is 0.506 e. The zero-order valence-electron chi connectivity index (χ0n) is 10.2. The van der Waals surface area contributed by atoms with Gasteiger partial charge >= 0.3 is 12.0 Å². The van der Waals surface area contributed by atoms with E-state index < -0.39 is 5.97 Å². The number of phenolic OH excluding ortho intramolecular Hbond substituents is 1. The van der Waals surface area contributed by atoms with Crippen molar-refractivity contribution in [1.29, 1.82) is 0 Å². The van der Waals surface area contributed by atoms with Crippen LogP contribution < -0.4 is 5.32 Å². The Kier molecular flexibility index (Phi) is 3.70. The highest BCUT2D eigenvalue weighted by molar-refractivity contribution is 5.93. The van der Waals surface area contributed by atoms with Gasteiger partial charge in [-0.15, -0.1) is 0 Å². The number of hydrogen-bond acceptors (Lipinski definition) is 3. The summed E-state index contributed by atoms with van der Waals surface area (Å²) in [5.74, 6) is -1.39. The smallest absolute Gasteiger partial charge is 0.335 e. The Bertz CT molecular complexity index is 539. The molecule has 1 aliphatic heterocycles. The van der Waals surface area contributed by atoms with Crippen LogP contribution in [0.4, 0.5) is 10.5 Å². The van der Waals surface area contributed by atoms with Crippen molar-refractivity contribution >= 4 is 17.7 Å². The highest BCUT2D eigenvalue weighted by Crippen LogP contribution is 2.24. The fraction of sp³-hybridized carbons (Fsp3) is 0.231. The van der Waals surface area contributed by atoms with Gasteiger partial charge < -0.3 is 20.4 Å². The predicted octanol–water partition coefficient (Wildman–Crippen LogP) is 1.88. The van der Waals surface area contributed by atoms with E-state index in [1.165, 1.54) is 12.1 Å². The van der Waals surface area contributed by atoms with Crippen molar-refractivity contribution in [3.8, 4) is 5.75 Å². The Hall–Kier alpha value is -2.50. The number of nitrogens with zero attached hydrogens (tertiary/aromatic N) is 1. The molecule has 2 rings (SSSR count). The zero-order valence-corrected chi connectivity index (χ0v) is 10.2. The van der Waals surface area contributed by atoms with Crippen molar-refractivity contribution in [1.82, 2.24) is 4.90 Å². The molecule has 1 aliphatic rings. The van der Waals surface area contributed by atoms with E-state index in [4.69, 9.17) is 5.11 Å². The number of urea groups is 1. The lowest BCUT2D eigenvalue weighted by Gasteiger charge is -2.23. The summed E-state index contributed by atoms with van der Waals surface area (Å²) in [6.07, 6.45) is 4.71. The van der Waals surface area contributed by atoms with Crippen molar-refractivity contribution in [3.63, 3.8) is 0 Å². The Labute approximate surface area is 110 Å². The minimum absolute atomic E-state index is 0.0311. The quantitative estimate of drug-likeness (QED) is 0.560. The molecule has 0 bridgehead atoms. The van der Waals surface area contributed by atoms with Crippen molar-refractivity contribution in [2.24, 2.45) is 0 Å². The van der Waals surface area contributed by atoms with Crippen molar-refractivity contribution < 1.29 is 19.8 Å². The van der Waals surface area contributed by atoms with Gasteiger partial charge in [0.1, 0.15) is 5.75 Å². The van der Waals surface area contributed by atoms with Crippen LogP contribution in [0.15, 0.2) is 30.4 Å². The van der Waals surface area contributed by atoms with Gasteiger partial charge in [0.2, 0.25) is 0 Å². The van der Waals surface area contributed by atoms with Gasteiger partial charge in [-0.05, 0) is 24.6 Å². The van der Waals surface area contributed by atoms with E-state index in [1.54, 1.807) is 4.90 Å². The van der Waals surface area contributed by atoms with Crippen LogP contribution >= 0.6 is 0 Å². The number of benzene rings is 1. The number of carbonyl (C=O) groups excluding carboxylic acids is 1. The molecule has 100 valence electrons. The summed E-state index contributed by atoms with van der Waals surface area (Å²) in [7, 11) is 0. The molecule has 19 heavy (non-hydrogen) atoms. The van der Waals surface area contributed by atoms with Crippen molar-refractivity contribution in [2.75, 3.05) is 18.4 Å². The van der Waals surface area contributed by atoms with Crippen LogP contribution in [0.3, 0.4) is 0 Å². The van der Waals surface area contributed by atoms with E-state index in [-0.39, 0.29) is 23.0 Å². The van der Waals surface area contributed by atoms with Crippen LogP contribution in [0, 0.1) is 0 Å². The lowest BCUT2D eigenvalue weighted by atomic mass is 10.2. The van der Waals surface area contributed by atoms with Crippen LogP contribution in [0.25, 0.3) is 0 Å². The molecule has 0 atom stereocenters. The summed E-state index contributed by atoms with van der Waals surface area (Å²) < 4.78 is 0. The third kappa shape index (κ3) is 3.04. The number of carboxylic acids is 1. The lowest BCUT2D eigenvalue weighted by molar-refractivity contribution is 0.0696. The highest BCUT2D eigenvalue weighted by atomic mass is 16.4. The van der Waals surface area contributed by atoms with Crippen LogP contribution in [-0.4, -0.2) is 40.2 Å². The third-order valence-corrected chi connectivity index (χ3v) is 2.83. The van der Waals surface area contributed by atoms with Gasteiger partial charge in [0, 0.05) is 13.1 Å². The second-order valence-electron chi connectivity index (χ2n) is 4.17. The number of carbonyl (C=O) groups is 2. The summed E-state index contributed by atoms with van der Waals surface area (Å²) >= 11 is 0. The van der Waals surface area contributed by atoms with E-state index in [2.05, 4.69) is 5.32 Å². The van der Waals surface area contributed by atoms with Gasteiger partial charge in [0.25, 0.3) is 0 Å². The second kappa shape index (κ2) is 5.43. The molecule has 1 aromatic rings. The number of aromatic hydroxyl groups is 1. The second-order valence-corrected chi connectivity index (χ2v) is 4.17. The molecule has 0 aliphatic carbocycles. The first-order chi connectivity index (χ1) is 9.08. The molecular weight excluding hydrogens is 248 g/mol. The molecule has 0 saturated heterocycles. The number of aromatic carboxylic acids is 1. The summed E-state index contributed by atoms with van der Waals surface area (Å²) in [6.45, 7) is 1.15. The molecule has 6 nitrogen and oxygen atoms in total. The molecule has 6 heteroatoms. The topological polar surface area (TPSA) is 89.9 Å². The molecule has 0 fully saturated rings. The maximum Gasteiger partial charge on any atom is 0.335 e. The molecule has 0 saturated carbocycles. The van der Waals surface area contributed by atoms with Crippen LogP contribution in [-0.2, 0) is 0 Å². The van der Waals surface area contributed by atoms with Gasteiger partial charge in [0.15, 0.2) is 0 Å². The maximum absolute atomic E-state index is 11.9. The van der Waals surface area contributed by atoms with Crippen molar-refractivity contribution in [3.05, 3.63) is 35.9 Å². The monoisotopic (exact) mass is 262 g/mol. The van der Waals surface area contributed by atoms with E-state index in [1.807, 2.05) is 12.2 Å². The van der Waals surface area contributed by atoms with Crippen LogP contribution in [0.2, 0.25) is 0 Å². The number of hydrogen-bond donors (Lipinski definition) is 3. The van der Waals surface area contributed by atoms with Crippen LogP contribution in [0.1, 0.15) is 16.8 Å². The summed E-state index contributed by atoms with van der Waals surface area (Å²) in [6, 6.07) is 3.49. The molecule has 0 unspecified atom stereocenters. The van der Waals surface area contributed by atoms with Gasteiger partial charge in [-0.1, -0.05) is 12.2 Å². The Balaban J connectivity index is 2.08. The van der Waals surface area contributed by atoms with E-state index in [9.17, 15) is 14.7 Å². The third-order valence-electron chi connectivity index (χ3n) is 2.83. The number of rotatable bonds is 2. The Morgan fingerprint density at radius 1 is 1.26 bits per heavy atom. The molecule has 2 amide bonds. The highest BCUT2D eigenvalue weighted by Gasteiger charge is 2.16. The van der Waals surface area contributed by atoms with E-state index in [0.717, 1.165) is 12.5 Å².